The predicted octanol–water partition coefficient (Wildman–Crippen LogP) is 11.3. The number of aryl methyl sites for hydroxylation is 2. The quantitative estimate of drug-likeness (QED) is 0.173. The third-order valence-electron chi connectivity index (χ3n) is 10.3. The minimum absolute atomic E-state index is 0.986. The summed E-state index contributed by atoms with van der Waals surface area (Å²) in [4.78, 5) is 10.4. The number of hydrogen-bond acceptors (Lipinski definition) is 2. The van der Waals surface area contributed by atoms with Gasteiger partial charge in [0.2, 0.25) is 0 Å². The molecule has 0 unspecified atom stereocenters. The monoisotopic (exact) mass is 612 g/mol. The molecule has 4 nitrogen and oxygen atoms in total. The summed E-state index contributed by atoms with van der Waals surface area (Å²) in [6, 6.07) is 48.7. The number of nitrogens with zero attached hydrogens (tertiary/aromatic N) is 4. The van der Waals surface area contributed by atoms with E-state index in [0.29, 0.717) is 0 Å². The van der Waals surface area contributed by atoms with Crippen LogP contribution in [-0.2, 0) is 0 Å². The molecule has 0 aliphatic rings. The highest BCUT2D eigenvalue weighted by Crippen LogP contribution is 2.43. The van der Waals surface area contributed by atoms with Crippen LogP contribution in [0.15, 0.2) is 133 Å². The first-order valence-corrected chi connectivity index (χ1v) is 16.5. The van der Waals surface area contributed by atoms with Crippen molar-refractivity contribution in [2.45, 2.75) is 13.8 Å². The highest BCUT2D eigenvalue weighted by atomic mass is 15.0. The molecular weight excluding hydrogens is 585 g/mol. The van der Waals surface area contributed by atoms with Gasteiger partial charge in [0.15, 0.2) is 0 Å². The first kappa shape index (κ1) is 25.9. The molecule has 0 N–H and O–H groups in total. The maximum absolute atomic E-state index is 5.27. The van der Waals surface area contributed by atoms with Crippen LogP contribution in [0.2, 0.25) is 0 Å². The third kappa shape index (κ3) is 3.33. The van der Waals surface area contributed by atoms with Crippen molar-refractivity contribution in [1.29, 1.82) is 0 Å². The van der Waals surface area contributed by atoms with Crippen LogP contribution in [0.25, 0.3) is 98.6 Å². The lowest BCUT2D eigenvalue weighted by molar-refractivity contribution is 1.31. The average molecular weight is 613 g/mol. The van der Waals surface area contributed by atoms with Crippen LogP contribution in [-0.4, -0.2) is 18.8 Å². The Kier molecular flexibility index (Phi) is 4.95. The molecule has 0 fully saturated rings. The molecule has 0 amide bonds. The Morgan fingerprint density at radius 2 is 1.06 bits per heavy atom. The van der Waals surface area contributed by atoms with Gasteiger partial charge in [0.1, 0.15) is 11.3 Å². The fourth-order valence-electron chi connectivity index (χ4n) is 8.21. The number of pyridine rings is 2. The topological polar surface area (TPSA) is 34.6 Å². The van der Waals surface area contributed by atoms with Crippen LogP contribution in [0.4, 0.5) is 0 Å². The summed E-state index contributed by atoms with van der Waals surface area (Å²) >= 11 is 0. The molecule has 0 radical (unpaired) electrons. The molecule has 11 rings (SSSR count). The average Bonchev–Trinajstić information content (AvgIpc) is 3.70. The third-order valence-corrected chi connectivity index (χ3v) is 10.3. The first-order chi connectivity index (χ1) is 23.6. The summed E-state index contributed by atoms with van der Waals surface area (Å²) < 4.78 is 4.71. The molecule has 0 bridgehead atoms. The van der Waals surface area contributed by atoms with E-state index in [9.17, 15) is 0 Å². The van der Waals surface area contributed by atoms with E-state index in [-0.39, 0.29) is 0 Å². The van der Waals surface area contributed by atoms with Crippen molar-refractivity contribution in [2.75, 3.05) is 0 Å². The van der Waals surface area contributed by atoms with Gasteiger partial charge in [-0.05, 0) is 95.2 Å². The summed E-state index contributed by atoms with van der Waals surface area (Å²) in [6.07, 6.45) is 0. The summed E-state index contributed by atoms with van der Waals surface area (Å²) in [5.41, 5.74) is 13.4. The molecule has 11 aromatic rings. The van der Waals surface area contributed by atoms with E-state index in [2.05, 4.69) is 156 Å². The minimum atomic E-state index is 0.986. The fraction of sp³-hybridized carbons (Fsp3) is 0.0455. The summed E-state index contributed by atoms with van der Waals surface area (Å²) in [7, 11) is 0. The standard InChI is InChI=1S/C44H28N4/c1-25-16-20-38-34(21-25)42-31-11-5-3-10-29(31)33(24-35(42)44-45-36-13-7-8-14-39(36)47(38)44)27-17-18-30-28-9-4-6-12-32(28)43-46-37-19-15-26(2)22-41(37)48(43)40(30)23-27/h3-24H,1-2H3. The lowest BCUT2D eigenvalue weighted by Crippen LogP contribution is -1.95. The molecule has 0 saturated heterocycles. The summed E-state index contributed by atoms with van der Waals surface area (Å²) in [6.45, 7) is 4.33. The van der Waals surface area contributed by atoms with E-state index in [0.717, 1.165) is 44.3 Å². The lowest BCUT2D eigenvalue weighted by atomic mass is 9.91. The van der Waals surface area contributed by atoms with Crippen LogP contribution in [0.1, 0.15) is 11.1 Å². The lowest BCUT2D eigenvalue weighted by Gasteiger charge is -2.16. The van der Waals surface area contributed by atoms with Gasteiger partial charge in [0.05, 0.1) is 33.1 Å². The maximum atomic E-state index is 5.27. The van der Waals surface area contributed by atoms with Gasteiger partial charge in [0.25, 0.3) is 0 Å². The van der Waals surface area contributed by atoms with E-state index < -0.39 is 0 Å². The van der Waals surface area contributed by atoms with Gasteiger partial charge >= 0.3 is 0 Å². The van der Waals surface area contributed by atoms with Crippen molar-refractivity contribution < 1.29 is 0 Å². The first-order valence-electron chi connectivity index (χ1n) is 16.5. The second kappa shape index (κ2) is 9.18. The van der Waals surface area contributed by atoms with Crippen molar-refractivity contribution >= 4 is 87.5 Å². The van der Waals surface area contributed by atoms with Crippen molar-refractivity contribution in [1.82, 2.24) is 18.8 Å². The molecule has 4 aromatic heterocycles. The van der Waals surface area contributed by atoms with E-state index in [1.165, 1.54) is 65.5 Å². The normalized spacial score (nSPS) is 12.4. The number of rotatable bonds is 1. The molecule has 0 saturated carbocycles. The van der Waals surface area contributed by atoms with Gasteiger partial charge < -0.3 is 0 Å². The van der Waals surface area contributed by atoms with Gasteiger partial charge in [-0.15, -0.1) is 0 Å². The Balaban J connectivity index is 1.33. The van der Waals surface area contributed by atoms with Gasteiger partial charge in [-0.1, -0.05) is 90.5 Å². The van der Waals surface area contributed by atoms with Crippen molar-refractivity contribution in [3.8, 4) is 11.1 Å². The zero-order chi connectivity index (χ0) is 31.7. The Bertz CT molecular complexity index is 3200. The van der Waals surface area contributed by atoms with Gasteiger partial charge in [-0.3, -0.25) is 8.80 Å². The Labute approximate surface area is 275 Å². The summed E-state index contributed by atoms with van der Waals surface area (Å²) in [5.74, 6) is 0. The molecule has 0 atom stereocenters. The molecule has 48 heavy (non-hydrogen) atoms. The largest absolute Gasteiger partial charge is 0.292 e. The predicted molar refractivity (Wildman–Crippen MR) is 201 cm³/mol. The van der Waals surface area contributed by atoms with Crippen LogP contribution < -0.4 is 0 Å². The number of benzene rings is 7. The molecule has 7 aromatic carbocycles. The second-order valence-corrected chi connectivity index (χ2v) is 13.2. The molecule has 0 aliphatic carbocycles. The number of aromatic nitrogens is 4. The zero-order valence-electron chi connectivity index (χ0n) is 26.5. The fourth-order valence-corrected chi connectivity index (χ4v) is 8.21. The molecule has 4 heterocycles. The minimum Gasteiger partial charge on any atom is -0.292 e. The number of hydrogen-bond donors (Lipinski definition) is 0. The van der Waals surface area contributed by atoms with Crippen LogP contribution in [0.3, 0.4) is 0 Å². The summed E-state index contributed by atoms with van der Waals surface area (Å²) in [5, 5.41) is 9.73. The molecule has 224 valence electrons. The zero-order valence-corrected chi connectivity index (χ0v) is 26.5. The molecule has 4 heteroatoms. The smallest absolute Gasteiger partial charge is 0.146 e. The van der Waals surface area contributed by atoms with Gasteiger partial charge in [-0.2, -0.15) is 0 Å². The SMILES string of the molecule is Cc1ccc2c(c1)c1c3ccccc3c(-c3ccc4c5ccccc5c5nc6ccc(C)cc6n5c4c3)cc1c1nc3ccccc3n21. The molecule has 0 aliphatic heterocycles. The maximum Gasteiger partial charge on any atom is 0.146 e. The Morgan fingerprint density at radius 3 is 1.94 bits per heavy atom. The Morgan fingerprint density at radius 1 is 0.396 bits per heavy atom. The number of imidazole rings is 2. The molecule has 0 spiro atoms. The van der Waals surface area contributed by atoms with Crippen LogP contribution >= 0.6 is 0 Å². The van der Waals surface area contributed by atoms with Gasteiger partial charge in [0, 0.05) is 26.9 Å². The number of para-hydroxylation sites is 2. The molecular formula is C44H28N4. The van der Waals surface area contributed by atoms with E-state index in [4.69, 9.17) is 9.97 Å². The van der Waals surface area contributed by atoms with Crippen molar-refractivity contribution in [3.63, 3.8) is 0 Å². The highest BCUT2D eigenvalue weighted by molar-refractivity contribution is 6.27. The Hall–Kier alpha value is -6.26. The van der Waals surface area contributed by atoms with E-state index in [1.54, 1.807) is 0 Å². The number of fused-ring (bicyclic) bond motifs is 18. The van der Waals surface area contributed by atoms with Crippen molar-refractivity contribution in [2.24, 2.45) is 0 Å². The van der Waals surface area contributed by atoms with Crippen molar-refractivity contribution in [3.05, 3.63) is 145 Å². The van der Waals surface area contributed by atoms with E-state index in [1.807, 2.05) is 0 Å². The van der Waals surface area contributed by atoms with E-state index >= 15 is 0 Å². The second-order valence-electron chi connectivity index (χ2n) is 13.2. The van der Waals surface area contributed by atoms with Crippen LogP contribution in [0, 0.1) is 13.8 Å². The van der Waals surface area contributed by atoms with Crippen LogP contribution in [0.5, 0.6) is 0 Å². The highest BCUT2D eigenvalue weighted by Gasteiger charge is 2.20. The van der Waals surface area contributed by atoms with Gasteiger partial charge in [-0.25, -0.2) is 9.97 Å².